The molecule has 0 fully saturated rings. The van der Waals surface area contributed by atoms with Gasteiger partial charge in [0.25, 0.3) is 0 Å². The Morgan fingerprint density at radius 3 is 2.81 bits per heavy atom. The van der Waals surface area contributed by atoms with Crippen molar-refractivity contribution in [1.82, 2.24) is 15.1 Å². The maximum Gasteiger partial charge on any atom is 0.132 e. The fraction of sp³-hybridized carbons (Fsp3) is 0.438. The molecule has 0 bridgehead atoms. The predicted octanol–water partition coefficient (Wildman–Crippen LogP) is 3.07. The Hall–Kier alpha value is -1.36. The maximum absolute atomic E-state index is 10.9. The number of aromatic nitrogens is 2. The minimum absolute atomic E-state index is 0.139. The number of benzene rings is 1. The lowest BCUT2D eigenvalue weighted by Crippen LogP contribution is -2.21. The van der Waals surface area contributed by atoms with Crippen LogP contribution in [0.2, 0.25) is 5.15 Å². The highest BCUT2D eigenvalue weighted by molar-refractivity contribution is 6.30. The number of hydrogen-bond acceptors (Lipinski definition) is 3. The summed E-state index contributed by atoms with van der Waals surface area (Å²) >= 11 is 6.37. The Kier molecular flexibility index (Phi) is 3.78. The lowest BCUT2D eigenvalue weighted by molar-refractivity contribution is 0.132. The highest BCUT2D eigenvalue weighted by atomic mass is 35.5. The molecule has 1 aromatic carbocycles. The molecule has 1 aromatic heterocycles. The molecule has 0 spiro atoms. The van der Waals surface area contributed by atoms with Gasteiger partial charge < -0.3 is 10.4 Å². The van der Waals surface area contributed by atoms with Gasteiger partial charge in [0.15, 0.2) is 0 Å². The minimum atomic E-state index is -0.702. The summed E-state index contributed by atoms with van der Waals surface area (Å²) in [5, 5.41) is 19.2. The number of fused-ring (bicyclic) bond motifs is 1. The van der Waals surface area contributed by atoms with Gasteiger partial charge in [-0.25, -0.2) is 0 Å². The monoisotopic (exact) mass is 305 g/mol. The number of nitrogens with zero attached hydrogens (tertiary/aromatic N) is 2. The van der Waals surface area contributed by atoms with Crippen molar-refractivity contribution < 1.29 is 5.11 Å². The summed E-state index contributed by atoms with van der Waals surface area (Å²) in [6.07, 6.45) is -0.702. The molecule has 2 atom stereocenters. The number of aryl methyl sites for hydroxylation is 1. The molecular weight excluding hydrogens is 286 g/mol. The molecule has 3 rings (SSSR count). The van der Waals surface area contributed by atoms with Gasteiger partial charge in [0.1, 0.15) is 11.3 Å². The first kappa shape index (κ1) is 14.6. The van der Waals surface area contributed by atoms with Gasteiger partial charge in [0.05, 0.1) is 11.7 Å². The summed E-state index contributed by atoms with van der Waals surface area (Å²) in [6.45, 7) is 4.89. The van der Waals surface area contributed by atoms with Gasteiger partial charge in [0, 0.05) is 19.2 Å². The highest BCUT2D eigenvalue weighted by Gasteiger charge is 2.33. The molecule has 4 nitrogen and oxygen atoms in total. The van der Waals surface area contributed by atoms with Crippen LogP contribution in [0.25, 0.3) is 0 Å². The number of nitrogens with one attached hydrogen (secondary N) is 1. The molecular formula is C16H20ClN3O. The Labute approximate surface area is 129 Å². The minimum Gasteiger partial charge on any atom is -0.386 e. The van der Waals surface area contributed by atoms with Gasteiger partial charge in [-0.1, -0.05) is 49.7 Å². The van der Waals surface area contributed by atoms with E-state index in [9.17, 15) is 5.11 Å². The standard InChI is InChI=1S/C16H20ClN3O/c1-9(2)13-12(16(17)20(3)19-13)15(21)14-11-7-5-4-6-10(11)8-18-14/h4-7,9,14-15,18,21H,8H2,1-3H3. The molecule has 2 N–H and O–H groups in total. The average Bonchev–Trinajstić information content (AvgIpc) is 3.01. The quantitative estimate of drug-likeness (QED) is 0.916. The molecule has 2 aromatic rings. The zero-order valence-electron chi connectivity index (χ0n) is 12.5. The topological polar surface area (TPSA) is 50.1 Å². The molecule has 1 aliphatic heterocycles. The van der Waals surface area contributed by atoms with Crippen molar-refractivity contribution in [1.29, 1.82) is 0 Å². The van der Waals surface area contributed by atoms with Crippen LogP contribution in [0, 0.1) is 0 Å². The van der Waals surface area contributed by atoms with Crippen LogP contribution in [-0.4, -0.2) is 14.9 Å². The van der Waals surface area contributed by atoms with Crippen molar-refractivity contribution in [2.75, 3.05) is 0 Å². The number of hydrogen-bond donors (Lipinski definition) is 2. The fourth-order valence-electron chi connectivity index (χ4n) is 3.02. The van der Waals surface area contributed by atoms with E-state index >= 15 is 0 Å². The van der Waals surface area contributed by atoms with E-state index in [0.717, 1.165) is 23.4 Å². The lowest BCUT2D eigenvalue weighted by Gasteiger charge is -2.21. The number of aliphatic hydroxyl groups excluding tert-OH is 1. The molecule has 2 unspecified atom stereocenters. The van der Waals surface area contributed by atoms with Crippen molar-refractivity contribution >= 4 is 11.6 Å². The summed E-state index contributed by atoms with van der Waals surface area (Å²) < 4.78 is 1.64. The largest absolute Gasteiger partial charge is 0.386 e. The van der Waals surface area contributed by atoms with Crippen LogP contribution in [0.5, 0.6) is 0 Å². The van der Waals surface area contributed by atoms with Gasteiger partial charge in [-0.3, -0.25) is 4.68 Å². The van der Waals surface area contributed by atoms with E-state index in [1.165, 1.54) is 5.56 Å². The van der Waals surface area contributed by atoms with Crippen LogP contribution in [0.1, 0.15) is 54.3 Å². The molecule has 1 aliphatic rings. The van der Waals surface area contributed by atoms with Crippen LogP contribution in [0.4, 0.5) is 0 Å². The average molecular weight is 306 g/mol. The molecule has 0 saturated heterocycles. The first-order valence-electron chi connectivity index (χ1n) is 7.22. The maximum atomic E-state index is 10.9. The predicted molar refractivity (Wildman–Crippen MR) is 83.3 cm³/mol. The second-order valence-corrected chi connectivity index (χ2v) is 6.23. The van der Waals surface area contributed by atoms with E-state index in [2.05, 4.69) is 36.4 Å². The Bertz CT molecular complexity index is 666. The van der Waals surface area contributed by atoms with Crippen molar-refractivity contribution in [3.63, 3.8) is 0 Å². The molecule has 0 radical (unpaired) electrons. The summed E-state index contributed by atoms with van der Waals surface area (Å²) in [5.41, 5.74) is 3.97. The van der Waals surface area contributed by atoms with Crippen LogP contribution in [0.15, 0.2) is 24.3 Å². The van der Waals surface area contributed by atoms with E-state index < -0.39 is 6.10 Å². The molecule has 21 heavy (non-hydrogen) atoms. The SMILES string of the molecule is CC(C)c1nn(C)c(Cl)c1C(O)C1NCc2ccccc21. The van der Waals surface area contributed by atoms with E-state index in [1.54, 1.807) is 11.7 Å². The van der Waals surface area contributed by atoms with Crippen LogP contribution >= 0.6 is 11.6 Å². The van der Waals surface area contributed by atoms with Crippen molar-refractivity contribution in [2.24, 2.45) is 7.05 Å². The Morgan fingerprint density at radius 2 is 2.10 bits per heavy atom. The third-order valence-electron chi connectivity index (χ3n) is 4.10. The molecule has 0 saturated carbocycles. The first-order chi connectivity index (χ1) is 10.0. The van der Waals surface area contributed by atoms with Crippen LogP contribution in [0.3, 0.4) is 0 Å². The molecule has 112 valence electrons. The normalized spacial score (nSPS) is 19.0. The summed E-state index contributed by atoms with van der Waals surface area (Å²) in [7, 11) is 1.81. The molecule has 5 heteroatoms. The highest BCUT2D eigenvalue weighted by Crippen LogP contribution is 2.40. The second-order valence-electron chi connectivity index (χ2n) is 5.87. The van der Waals surface area contributed by atoms with Gasteiger partial charge in [-0.2, -0.15) is 5.10 Å². The third-order valence-corrected chi connectivity index (χ3v) is 4.55. The van der Waals surface area contributed by atoms with Gasteiger partial charge in [-0.05, 0) is 17.0 Å². The first-order valence-corrected chi connectivity index (χ1v) is 7.60. The zero-order valence-corrected chi connectivity index (χ0v) is 13.2. The summed E-state index contributed by atoms with van der Waals surface area (Å²) in [5.74, 6) is 0.213. The third kappa shape index (κ3) is 2.37. The molecule has 0 aliphatic carbocycles. The Morgan fingerprint density at radius 1 is 1.38 bits per heavy atom. The Balaban J connectivity index is 2.02. The molecule has 2 heterocycles. The lowest BCUT2D eigenvalue weighted by atomic mass is 9.93. The van der Waals surface area contributed by atoms with E-state index in [1.807, 2.05) is 12.1 Å². The van der Waals surface area contributed by atoms with Crippen LogP contribution < -0.4 is 5.32 Å². The smallest absolute Gasteiger partial charge is 0.132 e. The van der Waals surface area contributed by atoms with Crippen LogP contribution in [-0.2, 0) is 13.6 Å². The second kappa shape index (κ2) is 5.44. The van der Waals surface area contributed by atoms with E-state index in [0.29, 0.717) is 5.15 Å². The zero-order chi connectivity index (χ0) is 15.1. The number of halogens is 1. The van der Waals surface area contributed by atoms with Crippen molar-refractivity contribution in [2.45, 2.75) is 38.5 Å². The fourth-order valence-corrected chi connectivity index (χ4v) is 3.26. The number of rotatable bonds is 3. The summed E-state index contributed by atoms with van der Waals surface area (Å²) in [4.78, 5) is 0. The van der Waals surface area contributed by atoms with Gasteiger partial charge in [0.2, 0.25) is 0 Å². The number of aliphatic hydroxyl groups is 1. The van der Waals surface area contributed by atoms with Gasteiger partial charge >= 0.3 is 0 Å². The summed E-state index contributed by atoms with van der Waals surface area (Å²) in [6, 6.07) is 8.03. The van der Waals surface area contributed by atoms with E-state index in [-0.39, 0.29) is 12.0 Å². The van der Waals surface area contributed by atoms with Crippen molar-refractivity contribution in [3.05, 3.63) is 51.8 Å². The van der Waals surface area contributed by atoms with Gasteiger partial charge in [-0.15, -0.1) is 0 Å². The van der Waals surface area contributed by atoms with E-state index in [4.69, 9.17) is 11.6 Å². The van der Waals surface area contributed by atoms with Crippen molar-refractivity contribution in [3.8, 4) is 0 Å². The molecule has 0 amide bonds.